The highest BCUT2D eigenvalue weighted by atomic mass is 32.2. The maximum Gasteiger partial charge on any atom is 0.501 e. The van der Waals surface area contributed by atoms with Gasteiger partial charge in [0.15, 0.2) is 0 Å². The maximum atomic E-state index is 12.6. The van der Waals surface area contributed by atoms with Gasteiger partial charge in [-0.25, -0.2) is 18.2 Å². The third kappa shape index (κ3) is 2.67. The highest BCUT2D eigenvalue weighted by molar-refractivity contribution is 7.92. The molecule has 0 aliphatic carbocycles. The van der Waals surface area contributed by atoms with Crippen molar-refractivity contribution >= 4 is 20.7 Å². The lowest BCUT2D eigenvalue weighted by molar-refractivity contribution is -0.0436. The Morgan fingerprint density at radius 2 is 1.71 bits per heavy atom. The van der Waals surface area contributed by atoms with E-state index in [1.54, 1.807) is 12.1 Å². The second kappa shape index (κ2) is 5.45. The molecule has 0 unspecified atom stereocenters. The fourth-order valence-corrected chi connectivity index (χ4v) is 2.88. The molecule has 124 valence electrons. The van der Waals surface area contributed by atoms with Crippen LogP contribution in [0.25, 0.3) is 22.4 Å². The number of fused-ring (bicyclic) bond motifs is 1. The Morgan fingerprint density at radius 3 is 2.42 bits per heavy atom. The third-order valence-corrected chi connectivity index (χ3v) is 4.72. The number of rotatable bonds is 2. The average Bonchev–Trinajstić information content (AvgIpc) is 2.54. The van der Waals surface area contributed by atoms with E-state index in [9.17, 15) is 26.4 Å². The predicted octanol–water partition coefficient (Wildman–Crippen LogP) is 3.15. The van der Waals surface area contributed by atoms with Crippen LogP contribution in [-0.4, -0.2) is 18.9 Å². The van der Waals surface area contributed by atoms with E-state index >= 15 is 0 Å². The van der Waals surface area contributed by atoms with Crippen molar-refractivity contribution < 1.29 is 26.0 Å². The smallest absolute Gasteiger partial charge is 0.403 e. The van der Waals surface area contributed by atoms with Gasteiger partial charge in [0.25, 0.3) is 9.84 Å². The van der Waals surface area contributed by atoms with E-state index in [0.717, 1.165) is 18.2 Å². The first kappa shape index (κ1) is 16.2. The monoisotopic (exact) mass is 355 g/mol. The van der Waals surface area contributed by atoms with Crippen LogP contribution in [0.15, 0.2) is 62.6 Å². The number of benzene rings is 2. The van der Waals surface area contributed by atoms with Gasteiger partial charge in [-0.3, -0.25) is 0 Å². The summed E-state index contributed by atoms with van der Waals surface area (Å²) in [6.45, 7) is 0. The van der Waals surface area contributed by atoms with Crippen molar-refractivity contribution in [1.29, 1.82) is 0 Å². The Hall–Kier alpha value is -2.68. The molecular formula is C15H8F3NO4S. The van der Waals surface area contributed by atoms with Gasteiger partial charge in [0.2, 0.25) is 5.89 Å². The van der Waals surface area contributed by atoms with Crippen LogP contribution < -0.4 is 5.63 Å². The second-order valence-corrected chi connectivity index (χ2v) is 6.74. The Labute approximate surface area is 133 Å². The summed E-state index contributed by atoms with van der Waals surface area (Å²) >= 11 is 0. The number of hydrogen-bond donors (Lipinski definition) is 0. The number of hydrogen-bond acceptors (Lipinski definition) is 5. The van der Waals surface area contributed by atoms with Gasteiger partial charge in [-0.15, -0.1) is 0 Å². The summed E-state index contributed by atoms with van der Waals surface area (Å²) in [6, 6.07) is 10.3. The van der Waals surface area contributed by atoms with Gasteiger partial charge in [0.05, 0.1) is 15.8 Å². The molecule has 0 saturated heterocycles. The molecule has 9 heteroatoms. The Morgan fingerprint density at radius 1 is 1.00 bits per heavy atom. The summed E-state index contributed by atoms with van der Waals surface area (Å²) < 4.78 is 65.9. The summed E-state index contributed by atoms with van der Waals surface area (Å²) in [5.74, 6) is -0.266. The van der Waals surface area contributed by atoms with Crippen molar-refractivity contribution in [2.45, 2.75) is 10.4 Å². The van der Waals surface area contributed by atoms with Gasteiger partial charge < -0.3 is 4.42 Å². The van der Waals surface area contributed by atoms with Crippen LogP contribution in [0.4, 0.5) is 13.2 Å². The van der Waals surface area contributed by atoms with E-state index in [0.29, 0.717) is 0 Å². The van der Waals surface area contributed by atoms with E-state index < -0.39 is 25.9 Å². The zero-order valence-electron chi connectivity index (χ0n) is 11.7. The SMILES string of the molecule is O=c1oc(-c2cccc(S(=O)(=O)C(F)(F)F)c2)nc2ccccc12. The molecule has 0 aliphatic rings. The molecule has 0 N–H and O–H groups in total. The molecule has 0 bridgehead atoms. The first-order valence-corrected chi connectivity index (χ1v) is 8.00. The molecule has 0 fully saturated rings. The standard InChI is InChI=1S/C15H8F3NO4S/c16-15(17,18)24(21,22)10-5-3-4-9(8-10)13-19-12-7-2-1-6-11(12)14(20)23-13/h1-8H. The molecule has 2 aromatic carbocycles. The van der Waals surface area contributed by atoms with Crippen molar-refractivity contribution in [3.63, 3.8) is 0 Å². The van der Waals surface area contributed by atoms with Crippen molar-refractivity contribution in [1.82, 2.24) is 4.98 Å². The Balaban J connectivity index is 2.19. The van der Waals surface area contributed by atoms with Crippen LogP contribution in [-0.2, 0) is 9.84 Å². The summed E-state index contributed by atoms with van der Waals surface area (Å²) in [5, 5.41) is 0.209. The van der Waals surface area contributed by atoms with Crippen LogP contribution in [0.3, 0.4) is 0 Å². The number of nitrogens with zero attached hydrogens (tertiary/aromatic N) is 1. The number of aromatic nitrogens is 1. The first-order valence-electron chi connectivity index (χ1n) is 6.52. The molecule has 0 saturated carbocycles. The largest absolute Gasteiger partial charge is 0.501 e. The zero-order chi connectivity index (χ0) is 17.5. The van der Waals surface area contributed by atoms with E-state index in [-0.39, 0.29) is 22.4 Å². The van der Waals surface area contributed by atoms with E-state index in [2.05, 4.69) is 4.98 Å². The molecule has 0 amide bonds. The van der Waals surface area contributed by atoms with Gasteiger partial charge >= 0.3 is 11.1 Å². The Bertz CT molecular complexity index is 1090. The van der Waals surface area contributed by atoms with Crippen molar-refractivity contribution in [3.05, 3.63) is 59.0 Å². The fraction of sp³-hybridized carbons (Fsp3) is 0.0667. The number of alkyl halides is 3. The molecule has 24 heavy (non-hydrogen) atoms. The highest BCUT2D eigenvalue weighted by Gasteiger charge is 2.46. The van der Waals surface area contributed by atoms with Crippen LogP contribution in [0, 0.1) is 0 Å². The maximum absolute atomic E-state index is 12.6. The van der Waals surface area contributed by atoms with E-state index in [4.69, 9.17) is 4.42 Å². The van der Waals surface area contributed by atoms with Gasteiger partial charge in [0, 0.05) is 5.56 Å². The van der Waals surface area contributed by atoms with Crippen molar-refractivity contribution in [2.75, 3.05) is 0 Å². The van der Waals surface area contributed by atoms with E-state index in [1.165, 1.54) is 18.2 Å². The lowest BCUT2D eigenvalue weighted by atomic mass is 10.2. The molecule has 5 nitrogen and oxygen atoms in total. The molecule has 3 aromatic rings. The number of sulfone groups is 1. The normalized spacial score (nSPS) is 12.5. The topological polar surface area (TPSA) is 77.2 Å². The predicted molar refractivity (Wildman–Crippen MR) is 79.0 cm³/mol. The molecule has 3 rings (SSSR count). The summed E-state index contributed by atoms with van der Waals surface area (Å²) in [4.78, 5) is 15.0. The quantitative estimate of drug-likeness (QED) is 0.706. The molecule has 1 heterocycles. The van der Waals surface area contributed by atoms with Crippen LogP contribution in [0.1, 0.15) is 0 Å². The van der Waals surface area contributed by atoms with Crippen LogP contribution in [0.2, 0.25) is 0 Å². The number of halogens is 3. The van der Waals surface area contributed by atoms with Crippen LogP contribution >= 0.6 is 0 Å². The van der Waals surface area contributed by atoms with Gasteiger partial charge in [-0.2, -0.15) is 13.2 Å². The summed E-state index contributed by atoms with van der Waals surface area (Å²) in [5.41, 5.74) is -5.92. The first-order chi connectivity index (χ1) is 11.2. The lowest BCUT2D eigenvalue weighted by Crippen LogP contribution is -2.23. The molecule has 0 spiro atoms. The van der Waals surface area contributed by atoms with Gasteiger partial charge in [-0.05, 0) is 30.3 Å². The third-order valence-electron chi connectivity index (χ3n) is 3.23. The minimum Gasteiger partial charge on any atom is -0.403 e. The number of para-hydroxylation sites is 1. The lowest BCUT2D eigenvalue weighted by Gasteiger charge is -2.09. The highest BCUT2D eigenvalue weighted by Crippen LogP contribution is 2.32. The van der Waals surface area contributed by atoms with E-state index in [1.807, 2.05) is 0 Å². The van der Waals surface area contributed by atoms with Gasteiger partial charge in [0.1, 0.15) is 0 Å². The molecule has 0 radical (unpaired) electrons. The molecular weight excluding hydrogens is 347 g/mol. The fourth-order valence-electron chi connectivity index (χ4n) is 2.07. The second-order valence-electron chi connectivity index (χ2n) is 4.80. The molecule has 1 aromatic heterocycles. The molecule has 0 atom stereocenters. The summed E-state index contributed by atoms with van der Waals surface area (Å²) in [6.07, 6.45) is 0. The van der Waals surface area contributed by atoms with Crippen LogP contribution in [0.5, 0.6) is 0 Å². The minimum atomic E-state index is -5.51. The Kier molecular flexibility index (Phi) is 3.67. The van der Waals surface area contributed by atoms with Gasteiger partial charge in [-0.1, -0.05) is 18.2 Å². The van der Waals surface area contributed by atoms with Crippen molar-refractivity contribution in [2.24, 2.45) is 0 Å². The van der Waals surface area contributed by atoms with Crippen molar-refractivity contribution in [3.8, 4) is 11.5 Å². The minimum absolute atomic E-state index is 0.0526. The average molecular weight is 355 g/mol. The summed E-state index contributed by atoms with van der Waals surface area (Å²) in [7, 11) is -5.51. The molecule has 0 aliphatic heterocycles. The zero-order valence-corrected chi connectivity index (χ0v) is 12.6.